The zero-order valence-electron chi connectivity index (χ0n) is 15.0. The van der Waals surface area contributed by atoms with Crippen LogP contribution in [0.2, 0.25) is 0 Å². The largest absolute Gasteiger partial charge is 0.440 e. The minimum Gasteiger partial charge on any atom is -0.440 e. The molecule has 1 fully saturated rings. The molecular formula is C20H20FN3O2S. The Morgan fingerprint density at radius 3 is 2.59 bits per heavy atom. The number of rotatable bonds is 4. The summed E-state index contributed by atoms with van der Waals surface area (Å²) in [5, 5.41) is 2.01. The Bertz CT molecular complexity index is 913. The van der Waals surface area contributed by atoms with E-state index in [0.29, 0.717) is 31.1 Å². The van der Waals surface area contributed by atoms with Gasteiger partial charge in [-0.2, -0.15) is 0 Å². The van der Waals surface area contributed by atoms with Crippen molar-refractivity contribution in [3.8, 4) is 10.8 Å². The second kappa shape index (κ2) is 7.62. The van der Waals surface area contributed by atoms with Gasteiger partial charge in [0.25, 0.3) is 5.91 Å². The van der Waals surface area contributed by atoms with Gasteiger partial charge in [-0.25, -0.2) is 9.37 Å². The normalized spacial score (nSPS) is 15.3. The molecule has 0 atom stereocenters. The van der Waals surface area contributed by atoms with Crippen LogP contribution in [0.15, 0.2) is 46.2 Å². The number of aromatic nitrogens is 1. The van der Waals surface area contributed by atoms with E-state index in [9.17, 15) is 9.18 Å². The van der Waals surface area contributed by atoms with E-state index in [2.05, 4.69) is 9.88 Å². The van der Waals surface area contributed by atoms with Crippen molar-refractivity contribution >= 4 is 17.2 Å². The lowest BCUT2D eigenvalue weighted by Gasteiger charge is -2.34. The maximum atomic E-state index is 13.0. The first-order valence-corrected chi connectivity index (χ1v) is 9.75. The van der Waals surface area contributed by atoms with Gasteiger partial charge in [-0.05, 0) is 42.6 Å². The van der Waals surface area contributed by atoms with E-state index in [-0.39, 0.29) is 11.7 Å². The molecule has 1 amide bonds. The maximum Gasteiger partial charge on any atom is 0.253 e. The van der Waals surface area contributed by atoms with Gasteiger partial charge in [-0.1, -0.05) is 6.07 Å². The third-order valence-electron chi connectivity index (χ3n) is 4.75. The number of aryl methyl sites for hydroxylation is 1. The van der Waals surface area contributed by atoms with Crippen molar-refractivity contribution in [1.82, 2.24) is 14.8 Å². The second-order valence-corrected chi connectivity index (χ2v) is 7.52. The molecule has 4 rings (SSSR count). The summed E-state index contributed by atoms with van der Waals surface area (Å²) in [5.74, 6) is 1.12. The molecule has 2 aromatic heterocycles. The molecule has 1 saturated heterocycles. The molecule has 0 unspecified atom stereocenters. The Labute approximate surface area is 161 Å². The number of halogens is 1. The van der Waals surface area contributed by atoms with Gasteiger partial charge in [0.05, 0.1) is 10.6 Å². The average molecular weight is 385 g/mol. The van der Waals surface area contributed by atoms with Gasteiger partial charge in [0, 0.05) is 38.3 Å². The number of hydrogen-bond acceptors (Lipinski definition) is 5. The quantitative estimate of drug-likeness (QED) is 0.685. The molecule has 1 aliphatic rings. The molecule has 0 N–H and O–H groups in total. The van der Waals surface area contributed by atoms with Crippen molar-refractivity contribution in [2.75, 3.05) is 26.2 Å². The maximum absolute atomic E-state index is 13.0. The smallest absolute Gasteiger partial charge is 0.253 e. The lowest BCUT2D eigenvalue weighted by atomic mass is 10.1. The van der Waals surface area contributed by atoms with Crippen molar-refractivity contribution in [3.05, 3.63) is 64.6 Å². The van der Waals surface area contributed by atoms with Crippen LogP contribution in [0.4, 0.5) is 4.39 Å². The lowest BCUT2D eigenvalue weighted by molar-refractivity contribution is 0.0626. The van der Waals surface area contributed by atoms with E-state index >= 15 is 0 Å². The Morgan fingerprint density at radius 1 is 1.19 bits per heavy atom. The zero-order valence-corrected chi connectivity index (χ0v) is 15.8. The number of benzene rings is 1. The highest BCUT2D eigenvalue weighted by Gasteiger charge is 2.23. The van der Waals surface area contributed by atoms with E-state index < -0.39 is 0 Å². The summed E-state index contributed by atoms with van der Waals surface area (Å²) in [5.41, 5.74) is 1.47. The zero-order chi connectivity index (χ0) is 18.8. The molecule has 3 aromatic rings. The van der Waals surface area contributed by atoms with Crippen molar-refractivity contribution in [2.24, 2.45) is 0 Å². The molecular weight excluding hydrogens is 365 g/mol. The third-order valence-corrected chi connectivity index (χ3v) is 5.61. The molecule has 0 radical (unpaired) electrons. The summed E-state index contributed by atoms with van der Waals surface area (Å²) in [6.07, 6.45) is 0. The monoisotopic (exact) mass is 385 g/mol. The molecule has 1 aromatic carbocycles. The Kier molecular flexibility index (Phi) is 5.05. The summed E-state index contributed by atoms with van der Waals surface area (Å²) in [6.45, 7) is 5.48. The first-order valence-electron chi connectivity index (χ1n) is 8.87. The lowest BCUT2D eigenvalue weighted by Crippen LogP contribution is -2.48. The predicted octanol–water partition coefficient (Wildman–Crippen LogP) is 3.81. The SMILES string of the molecule is Cc1oc(-c2cccs2)nc1CN1CCN(C(=O)c2ccc(F)cc2)CC1. The molecule has 1 aliphatic heterocycles. The van der Waals surface area contributed by atoms with Crippen molar-refractivity contribution in [1.29, 1.82) is 0 Å². The minimum atomic E-state index is -0.332. The molecule has 27 heavy (non-hydrogen) atoms. The number of nitrogens with zero attached hydrogens (tertiary/aromatic N) is 3. The van der Waals surface area contributed by atoms with E-state index in [4.69, 9.17) is 4.42 Å². The van der Waals surface area contributed by atoms with Gasteiger partial charge in [-0.3, -0.25) is 9.69 Å². The Hall–Kier alpha value is -2.51. The molecule has 0 bridgehead atoms. The summed E-state index contributed by atoms with van der Waals surface area (Å²) in [6, 6.07) is 9.70. The van der Waals surface area contributed by atoms with E-state index in [1.807, 2.05) is 29.3 Å². The summed E-state index contributed by atoms with van der Waals surface area (Å²) >= 11 is 1.61. The van der Waals surface area contributed by atoms with E-state index in [1.54, 1.807) is 11.3 Å². The van der Waals surface area contributed by atoms with E-state index in [0.717, 1.165) is 29.4 Å². The van der Waals surface area contributed by atoms with Crippen molar-refractivity contribution in [2.45, 2.75) is 13.5 Å². The third kappa shape index (κ3) is 3.94. The van der Waals surface area contributed by atoms with Gasteiger partial charge in [-0.15, -0.1) is 11.3 Å². The van der Waals surface area contributed by atoms with Crippen molar-refractivity contribution < 1.29 is 13.6 Å². The van der Waals surface area contributed by atoms with Gasteiger partial charge < -0.3 is 9.32 Å². The van der Waals surface area contributed by atoms with Crippen LogP contribution in [0.3, 0.4) is 0 Å². The molecule has 140 valence electrons. The van der Waals surface area contributed by atoms with Gasteiger partial charge in [0.2, 0.25) is 5.89 Å². The van der Waals surface area contributed by atoms with Gasteiger partial charge >= 0.3 is 0 Å². The van der Waals surface area contributed by atoms with Crippen LogP contribution in [-0.2, 0) is 6.54 Å². The number of hydrogen-bond donors (Lipinski definition) is 0. The van der Waals surface area contributed by atoms with Gasteiger partial charge in [0.15, 0.2) is 0 Å². The number of piperazine rings is 1. The number of carbonyl (C=O) groups excluding carboxylic acids is 1. The fourth-order valence-electron chi connectivity index (χ4n) is 3.18. The topological polar surface area (TPSA) is 49.6 Å². The first-order chi connectivity index (χ1) is 13.1. The molecule has 0 saturated carbocycles. The van der Waals surface area contributed by atoms with Crippen LogP contribution >= 0.6 is 11.3 Å². The summed E-state index contributed by atoms with van der Waals surface area (Å²) in [4.78, 5) is 22.3. The van der Waals surface area contributed by atoms with Crippen LogP contribution in [-0.4, -0.2) is 46.9 Å². The standard InChI is InChI=1S/C20H20FN3O2S/c1-14-17(22-19(26-14)18-3-2-12-27-18)13-23-8-10-24(11-9-23)20(25)15-4-6-16(21)7-5-15/h2-7,12H,8-11,13H2,1H3. The van der Waals surface area contributed by atoms with Gasteiger partial charge in [0.1, 0.15) is 11.6 Å². The Balaban J connectivity index is 1.36. The number of oxazole rings is 1. The fourth-order valence-corrected chi connectivity index (χ4v) is 3.83. The van der Waals surface area contributed by atoms with Crippen LogP contribution in [0.5, 0.6) is 0 Å². The highest BCUT2D eigenvalue weighted by molar-refractivity contribution is 7.13. The van der Waals surface area contributed by atoms with Crippen LogP contribution in [0.1, 0.15) is 21.8 Å². The molecule has 3 heterocycles. The number of amides is 1. The summed E-state index contributed by atoms with van der Waals surface area (Å²) < 4.78 is 18.8. The van der Waals surface area contributed by atoms with E-state index in [1.165, 1.54) is 24.3 Å². The van der Waals surface area contributed by atoms with Crippen LogP contribution < -0.4 is 0 Å². The predicted molar refractivity (Wildman–Crippen MR) is 102 cm³/mol. The summed E-state index contributed by atoms with van der Waals surface area (Å²) in [7, 11) is 0. The number of carbonyl (C=O) groups is 1. The second-order valence-electron chi connectivity index (χ2n) is 6.57. The molecule has 0 spiro atoms. The first kappa shape index (κ1) is 17.9. The average Bonchev–Trinajstić information content (AvgIpc) is 3.33. The Morgan fingerprint density at radius 2 is 1.93 bits per heavy atom. The molecule has 7 heteroatoms. The van der Waals surface area contributed by atoms with Crippen molar-refractivity contribution in [3.63, 3.8) is 0 Å². The van der Waals surface area contributed by atoms with Crippen LogP contribution in [0.25, 0.3) is 10.8 Å². The molecule has 5 nitrogen and oxygen atoms in total. The fraction of sp³-hybridized carbons (Fsp3) is 0.300. The highest BCUT2D eigenvalue weighted by Crippen LogP contribution is 2.26. The van der Waals surface area contributed by atoms with Crippen LogP contribution in [0, 0.1) is 12.7 Å². The molecule has 0 aliphatic carbocycles. The number of thiophene rings is 1. The minimum absolute atomic E-state index is 0.0488. The highest BCUT2D eigenvalue weighted by atomic mass is 32.1.